The molecule has 2 aliphatic rings. The van der Waals surface area contributed by atoms with Crippen molar-refractivity contribution in [1.82, 2.24) is 0 Å². The summed E-state index contributed by atoms with van der Waals surface area (Å²) in [6, 6.07) is 8.18. The van der Waals surface area contributed by atoms with Crippen LogP contribution < -0.4 is 20.3 Å². The van der Waals surface area contributed by atoms with E-state index >= 15 is 0 Å². The van der Waals surface area contributed by atoms with Crippen LogP contribution in [0.3, 0.4) is 0 Å². The number of anilines is 2. The molecule has 0 spiro atoms. The molecule has 6 nitrogen and oxygen atoms in total. The third-order valence-corrected chi connectivity index (χ3v) is 6.07. The molecule has 0 radical (unpaired) electrons. The molecule has 12 heteroatoms. The van der Waals surface area contributed by atoms with Gasteiger partial charge >= 0.3 is 18.3 Å². The third kappa shape index (κ3) is 7.71. The van der Waals surface area contributed by atoms with Crippen molar-refractivity contribution in [2.45, 2.75) is 64.2 Å². The Bertz CT molecular complexity index is 1180. The van der Waals surface area contributed by atoms with Gasteiger partial charge in [0.15, 0.2) is 0 Å². The van der Waals surface area contributed by atoms with Gasteiger partial charge in [-0.3, -0.25) is 4.79 Å². The lowest BCUT2D eigenvalue weighted by Gasteiger charge is -2.49. The molecule has 1 fully saturated rings. The topological polar surface area (TPSA) is 79.0 Å². The van der Waals surface area contributed by atoms with E-state index in [1.165, 1.54) is 13.8 Å². The number of ether oxygens (including phenoxy) is 1. The molecule has 2 aromatic rings. The van der Waals surface area contributed by atoms with Crippen LogP contribution in [-0.4, -0.2) is 48.0 Å². The Morgan fingerprint density at radius 2 is 1.64 bits per heavy atom. The fourth-order valence-corrected chi connectivity index (χ4v) is 4.55. The molecule has 0 aliphatic carbocycles. The van der Waals surface area contributed by atoms with Gasteiger partial charge in [-0.2, -0.15) is 26.3 Å². The van der Waals surface area contributed by atoms with Gasteiger partial charge in [0.2, 0.25) is 0 Å². The summed E-state index contributed by atoms with van der Waals surface area (Å²) in [5, 5.41) is 9.10. The third-order valence-electron chi connectivity index (χ3n) is 6.07. The Morgan fingerprint density at radius 3 is 2.15 bits per heavy atom. The summed E-state index contributed by atoms with van der Waals surface area (Å²) in [5.74, 6) is -1.71. The molecule has 0 saturated carbocycles. The van der Waals surface area contributed by atoms with Crippen molar-refractivity contribution in [2.24, 2.45) is 11.7 Å². The molecule has 3 N–H and O–H groups in total. The lowest BCUT2D eigenvalue weighted by atomic mass is 9.87. The smallest absolute Gasteiger partial charge is 0.416 e. The normalized spacial score (nSPS) is 19.3. The predicted molar refractivity (Wildman–Crippen MR) is 136 cm³/mol. The number of nitrogens with zero attached hydrogens (tertiary/aromatic N) is 2. The van der Waals surface area contributed by atoms with E-state index in [1.54, 1.807) is 29.2 Å². The molecule has 0 bridgehead atoms. The van der Waals surface area contributed by atoms with Crippen molar-refractivity contribution in [2.75, 3.05) is 29.4 Å². The largest absolute Gasteiger partial charge is 0.483 e. The number of nitrogens with two attached hydrogens (primary N) is 1. The summed E-state index contributed by atoms with van der Waals surface area (Å²) in [6.45, 7) is 8.12. The standard InChI is InChI=1S/C23H22F6N2O3.C4H11N/c1-21(2)19(13-4-3-5-16(8-13)30-10-14(11-30)20(32)33)31(12-22(24,25)26)17-7-6-15(23(27,28)29)9-18(17)34-21;1-4(2,3)5/h3-9,14,19H,10-12H2,1-2H3,(H,32,33);5H2,1-3H3. The van der Waals surface area contributed by atoms with Gasteiger partial charge in [-0.15, -0.1) is 0 Å². The number of carboxylic acids is 1. The Kier molecular flexibility index (Phi) is 8.13. The van der Waals surface area contributed by atoms with E-state index in [9.17, 15) is 31.1 Å². The van der Waals surface area contributed by atoms with Crippen molar-refractivity contribution >= 4 is 17.3 Å². The van der Waals surface area contributed by atoms with Crippen LogP contribution in [0.4, 0.5) is 37.7 Å². The highest BCUT2D eigenvalue weighted by molar-refractivity contribution is 5.74. The number of benzene rings is 2. The Hall–Kier alpha value is -3.15. The summed E-state index contributed by atoms with van der Waals surface area (Å²) in [4.78, 5) is 13.9. The molecule has 39 heavy (non-hydrogen) atoms. The molecule has 0 amide bonds. The monoisotopic (exact) mass is 561 g/mol. The minimum Gasteiger partial charge on any atom is -0.483 e. The second kappa shape index (κ2) is 10.4. The first-order chi connectivity index (χ1) is 17.7. The number of alkyl halides is 6. The number of carbonyl (C=O) groups is 1. The fourth-order valence-electron chi connectivity index (χ4n) is 4.55. The molecular formula is C27H33F6N3O3. The number of aliphatic carboxylic acids is 1. The van der Waals surface area contributed by atoms with Crippen molar-refractivity contribution in [3.8, 4) is 5.75 Å². The van der Waals surface area contributed by atoms with Crippen LogP contribution in [0.2, 0.25) is 0 Å². The molecule has 4 rings (SSSR count). The van der Waals surface area contributed by atoms with Gasteiger partial charge in [-0.1, -0.05) is 12.1 Å². The van der Waals surface area contributed by atoms with Crippen LogP contribution >= 0.6 is 0 Å². The predicted octanol–water partition coefficient (Wildman–Crippen LogP) is 6.25. The van der Waals surface area contributed by atoms with E-state index in [0.29, 0.717) is 11.3 Å². The minimum atomic E-state index is -4.67. The maximum Gasteiger partial charge on any atom is 0.416 e. The highest BCUT2D eigenvalue weighted by Gasteiger charge is 2.47. The summed E-state index contributed by atoms with van der Waals surface area (Å²) >= 11 is 0. The van der Waals surface area contributed by atoms with Gasteiger partial charge in [0.1, 0.15) is 17.9 Å². The SMILES string of the molecule is CC(C)(C)N.CC1(C)Oc2cc(C(F)(F)F)ccc2N(CC(F)(F)F)C1c1cccc(N2CC(C(=O)O)C2)c1. The van der Waals surface area contributed by atoms with Crippen LogP contribution in [0.5, 0.6) is 5.75 Å². The molecule has 2 aromatic carbocycles. The quantitative estimate of drug-likeness (QED) is 0.430. The van der Waals surface area contributed by atoms with Gasteiger partial charge in [0.05, 0.1) is 23.2 Å². The van der Waals surface area contributed by atoms with E-state index < -0.39 is 48.0 Å². The molecule has 2 heterocycles. The molecule has 2 aliphatic heterocycles. The van der Waals surface area contributed by atoms with Crippen LogP contribution in [0, 0.1) is 5.92 Å². The first-order valence-corrected chi connectivity index (χ1v) is 12.3. The van der Waals surface area contributed by atoms with Crippen molar-refractivity contribution in [1.29, 1.82) is 0 Å². The zero-order valence-corrected chi connectivity index (χ0v) is 22.3. The van der Waals surface area contributed by atoms with Crippen LogP contribution in [0.1, 0.15) is 51.8 Å². The number of hydrogen-bond donors (Lipinski definition) is 2. The highest BCUT2D eigenvalue weighted by Crippen LogP contribution is 2.50. The van der Waals surface area contributed by atoms with E-state index in [1.807, 2.05) is 20.8 Å². The highest BCUT2D eigenvalue weighted by atomic mass is 19.4. The Labute approximate surface area is 223 Å². The van der Waals surface area contributed by atoms with Crippen molar-refractivity contribution in [3.05, 3.63) is 53.6 Å². The maximum absolute atomic E-state index is 13.6. The summed E-state index contributed by atoms with van der Waals surface area (Å²) in [5.41, 5.74) is 4.05. The van der Waals surface area contributed by atoms with Crippen LogP contribution in [0.15, 0.2) is 42.5 Å². The first kappa shape index (κ1) is 30.4. The van der Waals surface area contributed by atoms with E-state index in [4.69, 9.17) is 15.6 Å². The summed E-state index contributed by atoms with van der Waals surface area (Å²) in [7, 11) is 0. The maximum atomic E-state index is 13.6. The van der Waals surface area contributed by atoms with Crippen LogP contribution in [0.25, 0.3) is 0 Å². The summed E-state index contributed by atoms with van der Waals surface area (Å²) < 4.78 is 86.3. The fraction of sp³-hybridized carbons (Fsp3) is 0.519. The number of rotatable bonds is 4. The zero-order valence-electron chi connectivity index (χ0n) is 22.3. The lowest BCUT2D eigenvalue weighted by Crippen LogP contribution is -2.52. The second-order valence-electron chi connectivity index (χ2n) is 11.4. The minimum absolute atomic E-state index is 0. The molecule has 1 atom stereocenters. The van der Waals surface area contributed by atoms with Gasteiger partial charge in [-0.25, -0.2) is 0 Å². The second-order valence-corrected chi connectivity index (χ2v) is 11.4. The number of hydrogen-bond acceptors (Lipinski definition) is 5. The Morgan fingerprint density at radius 1 is 1.05 bits per heavy atom. The van der Waals surface area contributed by atoms with Crippen molar-refractivity contribution < 1.29 is 41.0 Å². The summed E-state index contributed by atoms with van der Waals surface area (Å²) in [6.07, 6.45) is -9.30. The van der Waals surface area contributed by atoms with Gasteiger partial charge in [-0.05, 0) is 70.5 Å². The zero-order chi connectivity index (χ0) is 29.6. The lowest BCUT2D eigenvalue weighted by molar-refractivity contribution is -0.142. The first-order valence-electron chi connectivity index (χ1n) is 12.3. The van der Waals surface area contributed by atoms with Gasteiger partial charge in [0, 0.05) is 24.3 Å². The van der Waals surface area contributed by atoms with Gasteiger partial charge in [0.25, 0.3) is 0 Å². The molecule has 0 aromatic heterocycles. The number of halogens is 6. The molecule has 1 unspecified atom stereocenters. The van der Waals surface area contributed by atoms with E-state index in [0.717, 1.165) is 23.1 Å². The average Bonchev–Trinajstić information content (AvgIpc) is 2.68. The van der Waals surface area contributed by atoms with E-state index in [2.05, 4.69) is 0 Å². The number of fused-ring (bicyclic) bond motifs is 1. The Balaban J connectivity index is 0.000000771. The van der Waals surface area contributed by atoms with Crippen molar-refractivity contribution in [3.63, 3.8) is 0 Å². The molecule has 216 valence electrons. The van der Waals surface area contributed by atoms with Gasteiger partial charge < -0.3 is 25.4 Å². The molecular weight excluding hydrogens is 528 g/mol. The van der Waals surface area contributed by atoms with E-state index in [-0.39, 0.29) is 30.1 Å². The molecule has 1 saturated heterocycles. The average molecular weight is 562 g/mol. The number of carboxylic acid groups (broad SMARTS) is 1. The van der Waals surface area contributed by atoms with Crippen LogP contribution in [-0.2, 0) is 11.0 Å².